The Bertz CT molecular complexity index is 279. The van der Waals surface area contributed by atoms with E-state index in [9.17, 15) is 4.79 Å². The molecule has 0 rings (SSSR count). The van der Waals surface area contributed by atoms with Gasteiger partial charge in [0.2, 0.25) is 0 Å². The number of ether oxygens (including phenoxy) is 1. The Morgan fingerprint density at radius 1 is 0.870 bits per heavy atom. The van der Waals surface area contributed by atoms with Crippen LogP contribution in [0, 0.1) is 11.8 Å². The van der Waals surface area contributed by atoms with Gasteiger partial charge in [0.05, 0.1) is 0 Å². The van der Waals surface area contributed by atoms with Crippen molar-refractivity contribution in [3.63, 3.8) is 0 Å². The molecule has 0 aliphatic rings. The molecule has 0 aromatic carbocycles. The zero-order valence-corrected chi connectivity index (χ0v) is 16.2. The summed E-state index contributed by atoms with van der Waals surface area (Å²) in [7, 11) is 0. The summed E-state index contributed by atoms with van der Waals surface area (Å²) in [5, 5.41) is 8.96. The van der Waals surface area contributed by atoms with Crippen molar-refractivity contribution in [1.29, 1.82) is 0 Å². The number of carbonyl (C=O) groups excluding carboxylic acids is 1. The van der Waals surface area contributed by atoms with Gasteiger partial charge < -0.3 is 9.84 Å². The normalized spacial score (nSPS) is 12.2. The van der Waals surface area contributed by atoms with E-state index in [0.29, 0.717) is 0 Å². The third-order valence-electron chi connectivity index (χ3n) is 4.46. The summed E-state index contributed by atoms with van der Waals surface area (Å²) in [6.45, 7) is 10.5. The fourth-order valence-electron chi connectivity index (χ4n) is 2.99. The van der Waals surface area contributed by atoms with E-state index < -0.39 is 18.2 Å². The van der Waals surface area contributed by atoms with Gasteiger partial charge in [-0.3, -0.25) is 0 Å². The highest BCUT2D eigenvalue weighted by atomic mass is 16.6. The van der Waals surface area contributed by atoms with Gasteiger partial charge in [-0.05, 0) is 44.4 Å². The predicted octanol–water partition coefficient (Wildman–Crippen LogP) is 5.49. The first-order valence-electron chi connectivity index (χ1n) is 9.62. The van der Waals surface area contributed by atoms with Gasteiger partial charge in [-0.2, -0.15) is 0 Å². The van der Waals surface area contributed by atoms with Crippen molar-refractivity contribution in [2.24, 2.45) is 11.8 Å². The van der Waals surface area contributed by atoms with Crippen molar-refractivity contribution in [3.8, 4) is 0 Å². The molecule has 1 N–H and O–H groups in total. The number of unbranched alkanes of at least 4 members (excludes halogenated alkanes) is 4. The highest BCUT2D eigenvalue weighted by Gasteiger charge is 2.27. The molecule has 0 amide bonds. The number of esters is 1. The van der Waals surface area contributed by atoms with Gasteiger partial charge in [-0.15, -0.1) is 0 Å². The molecule has 0 aromatic heterocycles. The third-order valence-corrected chi connectivity index (χ3v) is 4.46. The molecule has 0 radical (unpaired) electrons. The average Bonchev–Trinajstić information content (AvgIpc) is 2.45. The summed E-state index contributed by atoms with van der Waals surface area (Å²) in [5.41, 5.74) is -0.407. The van der Waals surface area contributed by atoms with E-state index in [1.807, 2.05) is 6.92 Å². The molecule has 138 valence electrons. The summed E-state index contributed by atoms with van der Waals surface area (Å²) >= 11 is 0. The molecular formula is C20H40O3. The Morgan fingerprint density at radius 3 is 1.65 bits per heavy atom. The molecule has 0 saturated carbocycles. The molecule has 0 aliphatic carbocycles. The first-order chi connectivity index (χ1) is 10.8. The van der Waals surface area contributed by atoms with Gasteiger partial charge in [0.25, 0.3) is 0 Å². The lowest BCUT2D eigenvalue weighted by Gasteiger charge is -2.30. The van der Waals surface area contributed by atoms with Gasteiger partial charge in [0.1, 0.15) is 12.2 Å². The van der Waals surface area contributed by atoms with Crippen LogP contribution in [0.2, 0.25) is 0 Å². The molecule has 3 nitrogen and oxygen atoms in total. The van der Waals surface area contributed by atoms with E-state index >= 15 is 0 Å². The highest BCUT2D eigenvalue weighted by Crippen LogP contribution is 2.27. The van der Waals surface area contributed by atoms with Gasteiger partial charge >= 0.3 is 5.97 Å². The van der Waals surface area contributed by atoms with Crippen molar-refractivity contribution in [3.05, 3.63) is 0 Å². The molecule has 0 atom stereocenters. The molecule has 0 bridgehead atoms. The number of hydrogen-bond donors (Lipinski definition) is 1. The van der Waals surface area contributed by atoms with Gasteiger partial charge in [0.15, 0.2) is 0 Å². The molecule has 0 aromatic rings. The fourth-order valence-corrected chi connectivity index (χ4v) is 2.99. The summed E-state index contributed by atoms with van der Waals surface area (Å²) < 4.78 is 5.55. The van der Waals surface area contributed by atoms with Crippen molar-refractivity contribution < 1.29 is 14.6 Å². The van der Waals surface area contributed by atoms with Crippen molar-refractivity contribution in [2.75, 3.05) is 6.61 Å². The van der Waals surface area contributed by atoms with E-state index in [0.717, 1.165) is 37.5 Å². The zero-order valence-electron chi connectivity index (χ0n) is 16.2. The van der Waals surface area contributed by atoms with E-state index in [2.05, 4.69) is 27.7 Å². The number of aliphatic hydroxyl groups excluding tert-OH is 1. The van der Waals surface area contributed by atoms with Crippen molar-refractivity contribution in [2.45, 2.75) is 104 Å². The van der Waals surface area contributed by atoms with Crippen molar-refractivity contribution in [1.82, 2.24) is 0 Å². The standard InChI is InChI=1S/C20H40O3/c1-17(2)12-8-6-10-14-20(5,23-19(22)16-21)15-11-7-9-13-18(3)4/h17-18,21H,6-16H2,1-5H3. The minimum absolute atomic E-state index is 0.407. The summed E-state index contributed by atoms with van der Waals surface area (Å²) in [5.74, 6) is 1.03. The molecule has 23 heavy (non-hydrogen) atoms. The molecule has 0 fully saturated rings. The second kappa shape index (κ2) is 12.8. The highest BCUT2D eigenvalue weighted by molar-refractivity contribution is 5.70. The number of aliphatic hydroxyl groups is 1. The minimum Gasteiger partial charge on any atom is -0.458 e. The summed E-state index contributed by atoms with van der Waals surface area (Å²) in [4.78, 5) is 11.5. The van der Waals surface area contributed by atoms with E-state index in [4.69, 9.17) is 9.84 Å². The van der Waals surface area contributed by atoms with Crippen LogP contribution < -0.4 is 0 Å². The maximum absolute atomic E-state index is 11.5. The lowest BCUT2D eigenvalue weighted by Crippen LogP contribution is -2.33. The molecular weight excluding hydrogens is 288 g/mol. The monoisotopic (exact) mass is 328 g/mol. The Kier molecular flexibility index (Phi) is 12.5. The second-order valence-electron chi connectivity index (χ2n) is 8.07. The van der Waals surface area contributed by atoms with Crippen LogP contribution in [0.25, 0.3) is 0 Å². The van der Waals surface area contributed by atoms with Crippen LogP contribution in [-0.2, 0) is 9.53 Å². The molecule has 0 unspecified atom stereocenters. The Labute approximate surface area is 144 Å². The predicted molar refractivity (Wildman–Crippen MR) is 97.4 cm³/mol. The van der Waals surface area contributed by atoms with Gasteiger partial charge in [-0.25, -0.2) is 4.79 Å². The van der Waals surface area contributed by atoms with E-state index in [1.165, 1.54) is 38.5 Å². The van der Waals surface area contributed by atoms with Gasteiger partial charge in [0, 0.05) is 0 Å². The van der Waals surface area contributed by atoms with Gasteiger partial charge in [-0.1, -0.05) is 66.2 Å². The lowest BCUT2D eigenvalue weighted by atomic mass is 9.90. The van der Waals surface area contributed by atoms with Crippen LogP contribution in [-0.4, -0.2) is 23.3 Å². The number of carbonyl (C=O) groups is 1. The third kappa shape index (κ3) is 13.6. The van der Waals surface area contributed by atoms with E-state index in [1.54, 1.807) is 0 Å². The topological polar surface area (TPSA) is 46.5 Å². The maximum atomic E-state index is 11.5. The summed E-state index contributed by atoms with van der Waals surface area (Å²) in [6.07, 6.45) is 11.4. The second-order valence-corrected chi connectivity index (χ2v) is 8.07. The molecule has 0 heterocycles. The zero-order chi connectivity index (χ0) is 17.7. The molecule has 3 heteroatoms. The maximum Gasteiger partial charge on any atom is 0.332 e. The van der Waals surface area contributed by atoms with Crippen molar-refractivity contribution >= 4 is 5.97 Å². The Hall–Kier alpha value is -0.570. The van der Waals surface area contributed by atoms with Crippen LogP contribution in [0.5, 0.6) is 0 Å². The van der Waals surface area contributed by atoms with Crippen LogP contribution in [0.3, 0.4) is 0 Å². The van der Waals surface area contributed by atoms with E-state index in [-0.39, 0.29) is 0 Å². The SMILES string of the molecule is CC(C)CCCCCC(C)(CCCCCC(C)C)OC(=O)CO. The number of hydrogen-bond acceptors (Lipinski definition) is 3. The summed E-state index contributed by atoms with van der Waals surface area (Å²) in [6, 6.07) is 0. The quantitative estimate of drug-likeness (QED) is 0.338. The van der Waals surface area contributed by atoms with Crippen LogP contribution in [0.4, 0.5) is 0 Å². The number of rotatable bonds is 14. The smallest absolute Gasteiger partial charge is 0.332 e. The molecule has 0 saturated heterocycles. The Balaban J connectivity index is 4.15. The van der Waals surface area contributed by atoms with Crippen LogP contribution >= 0.6 is 0 Å². The average molecular weight is 329 g/mol. The minimum atomic E-state index is -0.518. The lowest BCUT2D eigenvalue weighted by molar-refractivity contribution is -0.163. The van der Waals surface area contributed by atoms with Crippen LogP contribution in [0.1, 0.15) is 98.8 Å². The molecule has 0 aliphatic heterocycles. The largest absolute Gasteiger partial charge is 0.458 e. The first-order valence-corrected chi connectivity index (χ1v) is 9.62. The molecule has 0 spiro atoms. The Morgan fingerprint density at radius 2 is 1.30 bits per heavy atom. The first kappa shape index (κ1) is 22.4. The van der Waals surface area contributed by atoms with Crippen LogP contribution in [0.15, 0.2) is 0 Å². The fraction of sp³-hybridized carbons (Fsp3) is 0.950.